The summed E-state index contributed by atoms with van der Waals surface area (Å²) in [6.45, 7) is 4.23. The van der Waals surface area contributed by atoms with Crippen molar-refractivity contribution in [1.82, 2.24) is 4.90 Å². The number of hydrogen-bond acceptors (Lipinski definition) is 2. The van der Waals surface area contributed by atoms with Crippen LogP contribution in [0.4, 0.5) is 5.69 Å². The lowest BCUT2D eigenvalue weighted by Gasteiger charge is -2.23. The van der Waals surface area contributed by atoms with E-state index in [9.17, 15) is 4.79 Å². The minimum absolute atomic E-state index is 0.0374. The molecule has 2 aromatic carbocycles. The van der Waals surface area contributed by atoms with E-state index in [-0.39, 0.29) is 11.9 Å². The number of carbonyl (C=O) groups is 1. The Kier molecular flexibility index (Phi) is 4.11. The average Bonchev–Trinajstić information content (AvgIpc) is 3.19. The topological polar surface area (TPSA) is 32.3 Å². The maximum absolute atomic E-state index is 12.7. The fourth-order valence-electron chi connectivity index (χ4n) is 4.13. The van der Waals surface area contributed by atoms with E-state index >= 15 is 0 Å². The summed E-state index contributed by atoms with van der Waals surface area (Å²) in [4.78, 5) is 15.0. The summed E-state index contributed by atoms with van der Waals surface area (Å²) >= 11 is 0. The second-order valence-electron chi connectivity index (χ2n) is 6.89. The van der Waals surface area contributed by atoms with Gasteiger partial charge in [0.05, 0.1) is 6.04 Å². The number of nitrogens with zero attached hydrogens (tertiary/aromatic N) is 1. The Labute approximate surface area is 143 Å². The lowest BCUT2D eigenvalue weighted by atomic mass is 10.1. The van der Waals surface area contributed by atoms with Crippen LogP contribution in [0.25, 0.3) is 11.1 Å². The van der Waals surface area contributed by atoms with Crippen molar-refractivity contribution in [3.63, 3.8) is 0 Å². The molecule has 0 radical (unpaired) electrons. The molecule has 1 amide bonds. The minimum Gasteiger partial charge on any atom is -0.325 e. The average molecular weight is 320 g/mol. The first-order valence-corrected chi connectivity index (χ1v) is 9.02. The van der Waals surface area contributed by atoms with E-state index in [2.05, 4.69) is 53.5 Å². The molecule has 0 saturated carbocycles. The summed E-state index contributed by atoms with van der Waals surface area (Å²) < 4.78 is 0. The zero-order valence-corrected chi connectivity index (χ0v) is 14.2. The number of hydrogen-bond donors (Lipinski definition) is 1. The van der Waals surface area contributed by atoms with Gasteiger partial charge in [-0.2, -0.15) is 0 Å². The van der Waals surface area contributed by atoms with Gasteiger partial charge in [-0.1, -0.05) is 37.3 Å². The van der Waals surface area contributed by atoms with Crippen molar-refractivity contribution in [3.8, 4) is 11.1 Å². The predicted molar refractivity (Wildman–Crippen MR) is 98.2 cm³/mol. The summed E-state index contributed by atoms with van der Waals surface area (Å²) in [5.74, 6) is 0.149. The van der Waals surface area contributed by atoms with E-state index in [0.717, 1.165) is 44.5 Å². The van der Waals surface area contributed by atoms with E-state index in [1.165, 1.54) is 22.3 Å². The Morgan fingerprint density at radius 2 is 2.00 bits per heavy atom. The van der Waals surface area contributed by atoms with Crippen molar-refractivity contribution in [2.75, 3.05) is 18.4 Å². The molecule has 1 saturated heterocycles. The van der Waals surface area contributed by atoms with Crippen LogP contribution >= 0.6 is 0 Å². The SMILES string of the molecule is CCCN1CCC[C@@H]1C(=O)Nc1ccc2c(c1)Cc1ccccc1-2. The molecular weight excluding hydrogens is 296 g/mol. The molecule has 24 heavy (non-hydrogen) atoms. The molecule has 1 fully saturated rings. The largest absolute Gasteiger partial charge is 0.325 e. The zero-order chi connectivity index (χ0) is 16.5. The van der Waals surface area contributed by atoms with Gasteiger partial charge in [0.25, 0.3) is 0 Å². The van der Waals surface area contributed by atoms with Gasteiger partial charge in [-0.3, -0.25) is 9.69 Å². The molecule has 2 aromatic rings. The first-order valence-electron chi connectivity index (χ1n) is 9.02. The first-order chi connectivity index (χ1) is 11.8. The van der Waals surface area contributed by atoms with Crippen molar-refractivity contribution < 1.29 is 4.79 Å². The molecule has 0 aromatic heterocycles. The van der Waals surface area contributed by atoms with Crippen molar-refractivity contribution in [2.45, 2.75) is 38.6 Å². The number of anilines is 1. The van der Waals surface area contributed by atoms with Crippen LogP contribution in [-0.2, 0) is 11.2 Å². The van der Waals surface area contributed by atoms with Gasteiger partial charge in [0, 0.05) is 5.69 Å². The van der Waals surface area contributed by atoms with Gasteiger partial charge < -0.3 is 5.32 Å². The van der Waals surface area contributed by atoms with Gasteiger partial charge in [0.15, 0.2) is 0 Å². The van der Waals surface area contributed by atoms with E-state index in [4.69, 9.17) is 0 Å². The van der Waals surface area contributed by atoms with Crippen LogP contribution in [0.5, 0.6) is 0 Å². The summed E-state index contributed by atoms with van der Waals surface area (Å²) in [6.07, 6.45) is 4.15. The summed E-state index contributed by atoms with van der Waals surface area (Å²) in [6, 6.07) is 14.9. The van der Waals surface area contributed by atoms with E-state index < -0.39 is 0 Å². The highest BCUT2D eigenvalue weighted by atomic mass is 16.2. The van der Waals surface area contributed by atoms with Gasteiger partial charge in [0.2, 0.25) is 5.91 Å². The lowest BCUT2D eigenvalue weighted by Crippen LogP contribution is -2.39. The van der Waals surface area contributed by atoms with E-state index in [1.807, 2.05) is 6.07 Å². The number of rotatable bonds is 4. The Bertz CT molecular complexity index is 768. The Hall–Kier alpha value is -2.13. The van der Waals surface area contributed by atoms with Crippen molar-refractivity contribution in [1.29, 1.82) is 0 Å². The predicted octanol–water partition coefficient (Wildman–Crippen LogP) is 4.07. The Morgan fingerprint density at radius 3 is 2.88 bits per heavy atom. The quantitative estimate of drug-likeness (QED) is 0.786. The molecule has 1 aliphatic carbocycles. The van der Waals surface area contributed by atoms with Crippen LogP contribution in [0.1, 0.15) is 37.3 Å². The molecule has 0 bridgehead atoms. The maximum Gasteiger partial charge on any atom is 0.241 e. The smallest absolute Gasteiger partial charge is 0.241 e. The molecule has 2 aliphatic rings. The van der Waals surface area contributed by atoms with Crippen LogP contribution in [0.2, 0.25) is 0 Å². The minimum atomic E-state index is 0.0374. The molecule has 124 valence electrons. The van der Waals surface area contributed by atoms with Crippen LogP contribution < -0.4 is 5.32 Å². The molecule has 0 spiro atoms. The van der Waals surface area contributed by atoms with Gasteiger partial charge in [-0.15, -0.1) is 0 Å². The van der Waals surface area contributed by atoms with Crippen LogP contribution in [0.15, 0.2) is 42.5 Å². The number of benzene rings is 2. The zero-order valence-electron chi connectivity index (χ0n) is 14.2. The van der Waals surface area contributed by atoms with Crippen molar-refractivity contribution >= 4 is 11.6 Å². The summed E-state index contributed by atoms with van der Waals surface area (Å²) in [5, 5.41) is 3.15. The number of carbonyl (C=O) groups excluding carboxylic acids is 1. The van der Waals surface area contributed by atoms with E-state index in [0.29, 0.717) is 0 Å². The molecule has 3 heteroatoms. The number of fused-ring (bicyclic) bond motifs is 3. The number of nitrogens with one attached hydrogen (secondary N) is 1. The van der Waals surface area contributed by atoms with Crippen LogP contribution in [0, 0.1) is 0 Å². The summed E-state index contributed by atoms with van der Waals surface area (Å²) in [7, 11) is 0. The number of amides is 1. The fraction of sp³-hybridized carbons (Fsp3) is 0.381. The fourth-order valence-corrected chi connectivity index (χ4v) is 4.13. The molecular formula is C21H24N2O. The second kappa shape index (κ2) is 6.40. The molecule has 3 nitrogen and oxygen atoms in total. The van der Waals surface area contributed by atoms with Gasteiger partial charge in [0.1, 0.15) is 0 Å². The highest BCUT2D eigenvalue weighted by Crippen LogP contribution is 2.37. The van der Waals surface area contributed by atoms with Gasteiger partial charge in [-0.25, -0.2) is 0 Å². The normalized spacial score (nSPS) is 19.1. The standard InChI is InChI=1S/C21H24N2O/c1-2-11-23-12-5-8-20(23)21(24)22-17-9-10-19-16(14-17)13-15-6-3-4-7-18(15)19/h3-4,6-7,9-10,14,20H,2,5,8,11-13H2,1H3,(H,22,24)/t20-/m1/s1. The van der Waals surface area contributed by atoms with Crippen molar-refractivity contribution in [2.24, 2.45) is 0 Å². The molecule has 0 unspecified atom stereocenters. The highest BCUT2D eigenvalue weighted by Gasteiger charge is 2.30. The lowest BCUT2D eigenvalue weighted by molar-refractivity contribution is -0.120. The third-order valence-corrected chi connectivity index (χ3v) is 5.24. The Morgan fingerprint density at radius 1 is 1.17 bits per heavy atom. The third-order valence-electron chi connectivity index (χ3n) is 5.24. The molecule has 1 atom stereocenters. The number of likely N-dealkylation sites (tertiary alicyclic amines) is 1. The molecule has 1 aliphatic heterocycles. The molecule has 4 rings (SSSR count). The first kappa shape index (κ1) is 15.4. The van der Waals surface area contributed by atoms with Gasteiger partial charge >= 0.3 is 0 Å². The van der Waals surface area contributed by atoms with Crippen molar-refractivity contribution in [3.05, 3.63) is 53.6 Å². The highest BCUT2D eigenvalue weighted by molar-refractivity contribution is 5.95. The summed E-state index contributed by atoms with van der Waals surface area (Å²) in [5.41, 5.74) is 6.24. The molecule has 1 heterocycles. The monoisotopic (exact) mass is 320 g/mol. The maximum atomic E-state index is 12.7. The molecule has 1 N–H and O–H groups in total. The van der Waals surface area contributed by atoms with Crippen LogP contribution in [-0.4, -0.2) is 29.9 Å². The second-order valence-corrected chi connectivity index (χ2v) is 6.89. The Balaban J connectivity index is 1.50. The van der Waals surface area contributed by atoms with Gasteiger partial charge in [-0.05, 0) is 73.2 Å². The van der Waals surface area contributed by atoms with E-state index in [1.54, 1.807) is 0 Å². The van der Waals surface area contributed by atoms with Crippen LogP contribution in [0.3, 0.4) is 0 Å². The third kappa shape index (κ3) is 2.73.